The summed E-state index contributed by atoms with van der Waals surface area (Å²) in [4.78, 5) is 19.6. The third-order valence-electron chi connectivity index (χ3n) is 3.63. The largest absolute Gasteiger partial charge is 0.382 e. The number of azo groups is 1. The summed E-state index contributed by atoms with van der Waals surface area (Å²) >= 11 is 4.20. The number of nitrogens with two attached hydrogens (primary N) is 1. The molecule has 0 spiro atoms. The van der Waals surface area contributed by atoms with Crippen LogP contribution in [0.3, 0.4) is 0 Å². The SMILES string of the molecule is Cc1nn2c(N)c(N=Nc3ccc(S)cc3COO)c(=O)[nH]c2c1C#N. The maximum absolute atomic E-state index is 12.3. The third kappa shape index (κ3) is 3.04. The van der Waals surface area contributed by atoms with Crippen molar-refractivity contribution in [1.82, 2.24) is 14.6 Å². The van der Waals surface area contributed by atoms with Crippen LogP contribution < -0.4 is 11.3 Å². The maximum atomic E-state index is 12.3. The van der Waals surface area contributed by atoms with Crippen LogP contribution in [0.4, 0.5) is 17.2 Å². The smallest absolute Gasteiger partial charge is 0.281 e. The molecular formula is C15H13N7O3S. The molecule has 2 heterocycles. The van der Waals surface area contributed by atoms with E-state index < -0.39 is 5.56 Å². The normalized spacial score (nSPS) is 11.3. The van der Waals surface area contributed by atoms with Crippen molar-refractivity contribution in [3.05, 3.63) is 45.4 Å². The van der Waals surface area contributed by atoms with Crippen molar-refractivity contribution in [2.24, 2.45) is 10.2 Å². The summed E-state index contributed by atoms with van der Waals surface area (Å²) in [5.41, 5.74) is 6.94. The third-order valence-corrected chi connectivity index (χ3v) is 3.91. The second kappa shape index (κ2) is 6.96. The van der Waals surface area contributed by atoms with Crippen molar-refractivity contribution < 1.29 is 10.1 Å². The first-order chi connectivity index (χ1) is 12.5. The zero-order valence-corrected chi connectivity index (χ0v) is 14.4. The minimum atomic E-state index is -0.610. The summed E-state index contributed by atoms with van der Waals surface area (Å²) in [6, 6.07) is 6.89. The van der Waals surface area contributed by atoms with Gasteiger partial charge in [-0.05, 0) is 25.1 Å². The molecule has 0 aliphatic heterocycles. The number of anilines is 1. The predicted molar refractivity (Wildman–Crippen MR) is 95.0 cm³/mol. The average molecular weight is 371 g/mol. The number of rotatable bonds is 4. The number of nitriles is 1. The van der Waals surface area contributed by atoms with Gasteiger partial charge < -0.3 is 10.7 Å². The van der Waals surface area contributed by atoms with Crippen LogP contribution >= 0.6 is 12.6 Å². The fourth-order valence-electron chi connectivity index (χ4n) is 2.39. The number of fused-ring (bicyclic) bond motifs is 1. The molecule has 3 aromatic rings. The highest BCUT2D eigenvalue weighted by Gasteiger charge is 2.16. The van der Waals surface area contributed by atoms with Crippen LogP contribution in [0.1, 0.15) is 16.8 Å². The van der Waals surface area contributed by atoms with Gasteiger partial charge in [-0.15, -0.1) is 22.9 Å². The summed E-state index contributed by atoms with van der Waals surface area (Å²) in [6.45, 7) is 1.50. The first-order valence-corrected chi connectivity index (χ1v) is 7.72. The van der Waals surface area contributed by atoms with Crippen LogP contribution in [-0.2, 0) is 11.5 Å². The molecule has 10 nitrogen and oxygen atoms in total. The van der Waals surface area contributed by atoms with E-state index in [1.807, 2.05) is 6.07 Å². The molecule has 1 aromatic carbocycles. The number of aromatic amines is 1. The van der Waals surface area contributed by atoms with Crippen LogP contribution in [0.2, 0.25) is 0 Å². The minimum absolute atomic E-state index is 0.0529. The van der Waals surface area contributed by atoms with Gasteiger partial charge in [0, 0.05) is 10.5 Å². The number of benzene rings is 1. The van der Waals surface area contributed by atoms with Crippen molar-refractivity contribution in [2.45, 2.75) is 18.4 Å². The number of H-pyrrole nitrogens is 1. The minimum Gasteiger partial charge on any atom is -0.382 e. The second-order valence-electron chi connectivity index (χ2n) is 5.31. The summed E-state index contributed by atoms with van der Waals surface area (Å²) in [7, 11) is 0. The lowest BCUT2D eigenvalue weighted by atomic mass is 10.2. The number of nitrogen functional groups attached to an aromatic ring is 1. The Hall–Kier alpha value is -3.20. The first kappa shape index (κ1) is 17.6. The van der Waals surface area contributed by atoms with Crippen molar-refractivity contribution >= 4 is 35.5 Å². The number of hydrogen-bond acceptors (Lipinski definition) is 9. The predicted octanol–water partition coefficient (Wildman–Crippen LogP) is 2.48. The Kier molecular flexibility index (Phi) is 4.72. The molecule has 2 aromatic heterocycles. The molecule has 0 saturated heterocycles. The maximum Gasteiger partial charge on any atom is 0.281 e. The zero-order chi connectivity index (χ0) is 18.8. The van der Waals surface area contributed by atoms with Gasteiger partial charge in [0.15, 0.2) is 17.2 Å². The van der Waals surface area contributed by atoms with Crippen molar-refractivity contribution in [3.63, 3.8) is 0 Å². The summed E-state index contributed by atoms with van der Waals surface area (Å²) in [6.07, 6.45) is 0. The zero-order valence-electron chi connectivity index (χ0n) is 13.5. The molecule has 3 rings (SSSR count). The molecule has 11 heteroatoms. The standard InChI is InChI=1S/C15H13N7O3S/c1-7-10(5-16)14-18-15(23)12(13(17)22(14)21-7)20-19-11-3-2-9(26)4-8(11)6-25-24/h2-4,24,26H,6,17H2,1H3,(H,18,23). The van der Waals surface area contributed by atoms with E-state index in [1.165, 1.54) is 4.52 Å². The highest BCUT2D eigenvalue weighted by Crippen LogP contribution is 2.27. The molecular weight excluding hydrogens is 358 g/mol. The summed E-state index contributed by atoms with van der Waals surface area (Å²) in [5.74, 6) is -0.0529. The molecule has 4 N–H and O–H groups in total. The Bertz CT molecular complexity index is 1130. The van der Waals surface area contributed by atoms with Gasteiger partial charge in [0.25, 0.3) is 5.56 Å². The van der Waals surface area contributed by atoms with E-state index in [-0.39, 0.29) is 29.3 Å². The molecule has 0 aliphatic carbocycles. The van der Waals surface area contributed by atoms with E-state index in [0.717, 1.165) is 0 Å². The van der Waals surface area contributed by atoms with Crippen LogP contribution in [0.5, 0.6) is 0 Å². The monoisotopic (exact) mass is 371 g/mol. The molecule has 0 unspecified atom stereocenters. The van der Waals surface area contributed by atoms with E-state index in [1.54, 1.807) is 25.1 Å². The Morgan fingerprint density at radius 2 is 2.27 bits per heavy atom. The molecule has 26 heavy (non-hydrogen) atoms. The van der Waals surface area contributed by atoms with Gasteiger partial charge in [0.05, 0.1) is 11.4 Å². The van der Waals surface area contributed by atoms with E-state index in [0.29, 0.717) is 21.8 Å². The Morgan fingerprint density at radius 1 is 1.50 bits per heavy atom. The Morgan fingerprint density at radius 3 is 2.96 bits per heavy atom. The number of nitrogens with zero attached hydrogens (tertiary/aromatic N) is 5. The highest BCUT2D eigenvalue weighted by molar-refractivity contribution is 7.80. The Balaban J connectivity index is 2.12. The number of thiol groups is 1. The molecule has 0 amide bonds. The summed E-state index contributed by atoms with van der Waals surface area (Å²) in [5, 5.41) is 29.9. The second-order valence-corrected chi connectivity index (χ2v) is 5.82. The molecule has 0 radical (unpaired) electrons. The topological polar surface area (TPSA) is 154 Å². The lowest BCUT2D eigenvalue weighted by Crippen LogP contribution is -2.13. The lowest BCUT2D eigenvalue weighted by molar-refractivity contribution is -0.252. The van der Waals surface area contributed by atoms with Gasteiger partial charge in [0.1, 0.15) is 18.2 Å². The van der Waals surface area contributed by atoms with E-state index in [9.17, 15) is 4.79 Å². The van der Waals surface area contributed by atoms with Gasteiger partial charge in [-0.25, -0.2) is 4.89 Å². The van der Waals surface area contributed by atoms with Crippen LogP contribution in [0.25, 0.3) is 5.65 Å². The number of hydrogen-bond donors (Lipinski definition) is 4. The number of nitrogens with one attached hydrogen (secondary N) is 1. The van der Waals surface area contributed by atoms with Gasteiger partial charge in [-0.1, -0.05) is 0 Å². The van der Waals surface area contributed by atoms with E-state index >= 15 is 0 Å². The van der Waals surface area contributed by atoms with Gasteiger partial charge in [-0.2, -0.15) is 14.9 Å². The van der Waals surface area contributed by atoms with Crippen molar-refractivity contribution in [3.8, 4) is 6.07 Å². The molecule has 0 fully saturated rings. The van der Waals surface area contributed by atoms with Crippen LogP contribution in [0, 0.1) is 18.3 Å². The fourth-order valence-corrected chi connectivity index (χ4v) is 2.62. The first-order valence-electron chi connectivity index (χ1n) is 7.27. The average Bonchev–Trinajstić information content (AvgIpc) is 2.92. The van der Waals surface area contributed by atoms with Crippen LogP contribution in [0.15, 0.2) is 38.1 Å². The van der Waals surface area contributed by atoms with Crippen LogP contribution in [-0.4, -0.2) is 19.9 Å². The molecule has 0 atom stereocenters. The van der Waals surface area contributed by atoms with Gasteiger partial charge >= 0.3 is 0 Å². The molecule has 0 saturated carbocycles. The van der Waals surface area contributed by atoms with E-state index in [2.05, 4.69) is 37.8 Å². The quantitative estimate of drug-likeness (QED) is 0.239. The number of aryl methyl sites for hydroxylation is 1. The van der Waals surface area contributed by atoms with Gasteiger partial charge in [-0.3, -0.25) is 10.1 Å². The fraction of sp³-hybridized carbons (Fsp3) is 0.133. The molecule has 132 valence electrons. The highest BCUT2D eigenvalue weighted by atomic mass is 32.1. The molecule has 0 aliphatic rings. The molecule has 0 bridgehead atoms. The number of aromatic nitrogens is 3. The summed E-state index contributed by atoms with van der Waals surface area (Å²) < 4.78 is 1.23. The lowest BCUT2D eigenvalue weighted by Gasteiger charge is -2.04. The van der Waals surface area contributed by atoms with Gasteiger partial charge in [0.2, 0.25) is 0 Å². The van der Waals surface area contributed by atoms with E-state index in [4.69, 9.17) is 16.3 Å². The Labute approximate surface area is 151 Å². The van der Waals surface area contributed by atoms with Crippen molar-refractivity contribution in [2.75, 3.05) is 5.73 Å². The van der Waals surface area contributed by atoms with Crippen molar-refractivity contribution in [1.29, 1.82) is 5.26 Å².